The fraction of sp³-hybridized carbons (Fsp3) is 0.625. The summed E-state index contributed by atoms with van der Waals surface area (Å²) in [6, 6.07) is 5.91. The second-order valence-electron chi connectivity index (χ2n) is 5.65. The number of hydrogen-bond donors (Lipinski definition) is 1. The van der Waals surface area contributed by atoms with Gasteiger partial charge in [0.2, 0.25) is 0 Å². The second-order valence-corrected chi connectivity index (χ2v) is 5.65. The van der Waals surface area contributed by atoms with E-state index >= 15 is 0 Å². The van der Waals surface area contributed by atoms with Crippen molar-refractivity contribution in [2.24, 2.45) is 5.41 Å². The molecule has 1 nitrogen and oxygen atoms in total. The molecular weight excluding hydrogens is 225 g/mol. The molecule has 0 heterocycles. The van der Waals surface area contributed by atoms with Crippen molar-refractivity contribution >= 4 is 0 Å². The summed E-state index contributed by atoms with van der Waals surface area (Å²) in [6.07, 6.45) is 6.41. The van der Waals surface area contributed by atoms with E-state index in [9.17, 15) is 4.39 Å². The minimum atomic E-state index is -0.106. The van der Waals surface area contributed by atoms with Crippen molar-refractivity contribution in [2.75, 3.05) is 7.05 Å². The smallest absolute Gasteiger partial charge is 0.126 e. The minimum Gasteiger partial charge on any atom is -0.313 e. The molecule has 2 heteroatoms. The van der Waals surface area contributed by atoms with Gasteiger partial charge in [0.15, 0.2) is 0 Å². The molecule has 1 atom stereocenters. The SMILES string of the molecule is CCC1(C(NC)c2ccc(F)c(C)c2)CCCC1. The summed E-state index contributed by atoms with van der Waals surface area (Å²) in [6.45, 7) is 4.13. The molecule has 1 unspecified atom stereocenters. The van der Waals surface area contributed by atoms with Crippen molar-refractivity contribution < 1.29 is 4.39 Å². The maximum Gasteiger partial charge on any atom is 0.126 e. The third kappa shape index (κ3) is 2.31. The van der Waals surface area contributed by atoms with Crippen molar-refractivity contribution in [1.82, 2.24) is 5.32 Å². The van der Waals surface area contributed by atoms with Gasteiger partial charge in [0.05, 0.1) is 0 Å². The lowest BCUT2D eigenvalue weighted by atomic mass is 9.73. The van der Waals surface area contributed by atoms with Gasteiger partial charge in [-0.15, -0.1) is 0 Å². The van der Waals surface area contributed by atoms with E-state index in [0.29, 0.717) is 11.5 Å². The Kier molecular flexibility index (Phi) is 4.06. The van der Waals surface area contributed by atoms with Crippen molar-refractivity contribution in [1.29, 1.82) is 0 Å². The van der Waals surface area contributed by atoms with Crippen LogP contribution in [0.5, 0.6) is 0 Å². The van der Waals surface area contributed by atoms with Crippen molar-refractivity contribution in [3.8, 4) is 0 Å². The first-order chi connectivity index (χ1) is 8.63. The zero-order valence-electron chi connectivity index (χ0n) is 11.7. The molecule has 18 heavy (non-hydrogen) atoms. The largest absolute Gasteiger partial charge is 0.313 e. The van der Waals surface area contributed by atoms with Crippen LogP contribution in [0.3, 0.4) is 0 Å². The Morgan fingerprint density at radius 2 is 2.00 bits per heavy atom. The van der Waals surface area contributed by atoms with E-state index in [1.807, 2.05) is 26.1 Å². The third-order valence-electron chi connectivity index (χ3n) is 4.72. The fourth-order valence-corrected chi connectivity index (χ4v) is 3.60. The Hall–Kier alpha value is -0.890. The second kappa shape index (κ2) is 5.40. The highest BCUT2D eigenvalue weighted by molar-refractivity contribution is 5.28. The van der Waals surface area contributed by atoms with E-state index in [4.69, 9.17) is 0 Å². The molecule has 0 spiro atoms. The van der Waals surface area contributed by atoms with Gasteiger partial charge < -0.3 is 5.32 Å². The quantitative estimate of drug-likeness (QED) is 0.835. The first-order valence-corrected chi connectivity index (χ1v) is 7.06. The lowest BCUT2D eigenvalue weighted by Gasteiger charge is -2.37. The normalized spacial score (nSPS) is 20.0. The molecule has 1 fully saturated rings. The van der Waals surface area contributed by atoms with E-state index in [1.165, 1.54) is 37.7 Å². The summed E-state index contributed by atoms with van der Waals surface area (Å²) in [7, 11) is 2.03. The number of halogens is 1. The van der Waals surface area contributed by atoms with Crippen molar-refractivity contribution in [3.63, 3.8) is 0 Å². The van der Waals surface area contributed by atoms with Gasteiger partial charge in [-0.2, -0.15) is 0 Å². The number of benzene rings is 1. The third-order valence-corrected chi connectivity index (χ3v) is 4.72. The Bertz CT molecular complexity index is 408. The standard InChI is InChI=1S/C16H24FN/c1-4-16(9-5-6-10-16)15(18-3)13-7-8-14(17)12(2)11-13/h7-8,11,15,18H,4-6,9-10H2,1-3H3. The van der Waals surface area contributed by atoms with Crippen LogP contribution < -0.4 is 5.32 Å². The molecule has 1 N–H and O–H groups in total. The molecule has 2 rings (SSSR count). The lowest BCUT2D eigenvalue weighted by Crippen LogP contribution is -2.34. The predicted octanol–water partition coefficient (Wildman–Crippen LogP) is 4.37. The lowest BCUT2D eigenvalue weighted by molar-refractivity contribution is 0.195. The molecule has 1 aromatic carbocycles. The number of aryl methyl sites for hydroxylation is 1. The number of hydrogen-bond acceptors (Lipinski definition) is 1. The van der Waals surface area contributed by atoms with Crippen molar-refractivity contribution in [3.05, 3.63) is 35.1 Å². The summed E-state index contributed by atoms with van der Waals surface area (Å²) < 4.78 is 13.4. The van der Waals surface area contributed by atoms with E-state index in [-0.39, 0.29) is 5.82 Å². The highest BCUT2D eigenvalue weighted by atomic mass is 19.1. The predicted molar refractivity (Wildman–Crippen MR) is 74.1 cm³/mol. The summed E-state index contributed by atoms with van der Waals surface area (Å²) in [5, 5.41) is 3.48. The van der Waals surface area contributed by atoms with Crippen LogP contribution in [0.15, 0.2) is 18.2 Å². The molecule has 0 radical (unpaired) electrons. The topological polar surface area (TPSA) is 12.0 Å². The molecule has 0 aromatic heterocycles. The van der Waals surface area contributed by atoms with Crippen molar-refractivity contribution in [2.45, 2.75) is 52.0 Å². The fourth-order valence-electron chi connectivity index (χ4n) is 3.60. The molecule has 0 saturated heterocycles. The summed E-state index contributed by atoms with van der Waals surface area (Å²) >= 11 is 0. The van der Waals surface area contributed by atoms with Crippen LogP contribution in [-0.2, 0) is 0 Å². The van der Waals surface area contributed by atoms with Gasteiger partial charge in [-0.3, -0.25) is 0 Å². The molecule has 0 bridgehead atoms. The highest BCUT2D eigenvalue weighted by Gasteiger charge is 2.39. The minimum absolute atomic E-state index is 0.106. The van der Waals surface area contributed by atoms with Gasteiger partial charge in [0, 0.05) is 6.04 Å². The number of rotatable bonds is 4. The monoisotopic (exact) mass is 249 g/mol. The van der Waals surface area contributed by atoms with E-state index in [0.717, 1.165) is 5.56 Å². The first kappa shape index (κ1) is 13.5. The van der Waals surface area contributed by atoms with Crippen LogP contribution in [0.25, 0.3) is 0 Å². The molecule has 1 saturated carbocycles. The Morgan fingerprint density at radius 3 is 2.50 bits per heavy atom. The maximum absolute atomic E-state index is 13.4. The molecular formula is C16H24FN. The maximum atomic E-state index is 13.4. The van der Waals surface area contributed by atoms with Crippen LogP contribution in [0.1, 0.15) is 56.2 Å². The van der Waals surface area contributed by atoms with Crippen LogP contribution in [-0.4, -0.2) is 7.05 Å². The van der Waals surface area contributed by atoms with E-state index < -0.39 is 0 Å². The Balaban J connectivity index is 2.34. The summed E-state index contributed by atoms with van der Waals surface area (Å²) in [5.74, 6) is -0.106. The highest BCUT2D eigenvalue weighted by Crippen LogP contribution is 2.49. The summed E-state index contributed by atoms with van der Waals surface area (Å²) in [4.78, 5) is 0. The molecule has 0 amide bonds. The molecule has 1 aromatic rings. The van der Waals surface area contributed by atoms with Gasteiger partial charge in [-0.1, -0.05) is 31.9 Å². The summed E-state index contributed by atoms with van der Waals surface area (Å²) in [5.41, 5.74) is 2.34. The molecule has 0 aliphatic heterocycles. The van der Waals surface area contributed by atoms with Gasteiger partial charge in [0.1, 0.15) is 5.82 Å². The number of nitrogens with one attached hydrogen (secondary N) is 1. The average molecular weight is 249 g/mol. The van der Waals surface area contributed by atoms with Crippen LogP contribution in [0.2, 0.25) is 0 Å². The Labute approximate surface area is 110 Å². The van der Waals surface area contributed by atoms with Gasteiger partial charge in [0.25, 0.3) is 0 Å². The van der Waals surface area contributed by atoms with Gasteiger partial charge in [-0.25, -0.2) is 4.39 Å². The molecule has 1 aliphatic carbocycles. The average Bonchev–Trinajstić information content (AvgIpc) is 2.84. The van der Waals surface area contributed by atoms with Crippen LogP contribution >= 0.6 is 0 Å². The van der Waals surface area contributed by atoms with E-state index in [1.54, 1.807) is 6.07 Å². The van der Waals surface area contributed by atoms with Crippen LogP contribution in [0.4, 0.5) is 4.39 Å². The molecule has 1 aliphatic rings. The zero-order valence-corrected chi connectivity index (χ0v) is 11.7. The Morgan fingerprint density at radius 1 is 1.33 bits per heavy atom. The first-order valence-electron chi connectivity index (χ1n) is 7.06. The zero-order chi connectivity index (χ0) is 13.2. The van der Waals surface area contributed by atoms with E-state index in [2.05, 4.69) is 12.2 Å². The van der Waals surface area contributed by atoms with Gasteiger partial charge in [-0.05, 0) is 55.8 Å². The van der Waals surface area contributed by atoms with Gasteiger partial charge >= 0.3 is 0 Å². The van der Waals surface area contributed by atoms with Crippen LogP contribution in [0, 0.1) is 18.2 Å². The molecule has 100 valence electrons.